The molecule has 1 aromatic carbocycles. The molecule has 5 rings (SSSR count). The number of benzene rings is 1. The van der Waals surface area contributed by atoms with Crippen molar-refractivity contribution in [2.75, 3.05) is 36.1 Å². The predicted octanol–water partition coefficient (Wildman–Crippen LogP) is 3.01. The standard InChI is InChI=1S/C22H24FN7O2/c1-14-17(3-2-16(19(14)23)20-26-13-27-28-20)30-18(31)12-29(21-22(30)25-8-7-24-21)9-4-15-5-10-32-11-6-15/h2-3,7-8,13,15H,4-6,9-12H2,1H3,(H,26,27,28). The van der Waals surface area contributed by atoms with Gasteiger partial charge < -0.3 is 9.64 Å². The van der Waals surface area contributed by atoms with Gasteiger partial charge in [-0.3, -0.25) is 14.8 Å². The van der Waals surface area contributed by atoms with Crippen LogP contribution in [0.1, 0.15) is 24.8 Å². The van der Waals surface area contributed by atoms with E-state index in [9.17, 15) is 4.79 Å². The van der Waals surface area contributed by atoms with E-state index < -0.39 is 5.82 Å². The summed E-state index contributed by atoms with van der Waals surface area (Å²) in [7, 11) is 0. The van der Waals surface area contributed by atoms with Crippen molar-refractivity contribution in [1.29, 1.82) is 0 Å². The zero-order valence-corrected chi connectivity index (χ0v) is 17.8. The smallest absolute Gasteiger partial charge is 0.252 e. The van der Waals surface area contributed by atoms with E-state index in [0.29, 0.717) is 46.7 Å². The average Bonchev–Trinajstić information content (AvgIpc) is 3.35. The molecule has 3 aromatic rings. The fourth-order valence-corrected chi connectivity index (χ4v) is 4.37. The van der Waals surface area contributed by atoms with Gasteiger partial charge in [-0.1, -0.05) is 0 Å². The van der Waals surface area contributed by atoms with Crippen molar-refractivity contribution in [3.63, 3.8) is 0 Å². The number of fused-ring (bicyclic) bond motifs is 1. The molecule has 0 atom stereocenters. The third kappa shape index (κ3) is 3.70. The van der Waals surface area contributed by atoms with Crippen LogP contribution in [0.4, 0.5) is 21.7 Å². The number of nitrogens with one attached hydrogen (secondary N) is 1. The number of carbonyl (C=O) groups is 1. The number of nitrogens with zero attached hydrogens (tertiary/aromatic N) is 6. The summed E-state index contributed by atoms with van der Waals surface area (Å²) < 4.78 is 20.6. The molecule has 1 N–H and O–H groups in total. The number of hydrogen-bond donors (Lipinski definition) is 1. The van der Waals surface area contributed by atoms with Crippen molar-refractivity contribution in [2.24, 2.45) is 5.92 Å². The quantitative estimate of drug-likeness (QED) is 0.655. The summed E-state index contributed by atoms with van der Waals surface area (Å²) in [4.78, 5) is 29.7. The van der Waals surface area contributed by atoms with Crippen molar-refractivity contribution >= 4 is 23.2 Å². The van der Waals surface area contributed by atoms with E-state index in [0.717, 1.165) is 32.5 Å². The fraction of sp³-hybridized carbons (Fsp3) is 0.409. The number of hydrogen-bond acceptors (Lipinski definition) is 7. The summed E-state index contributed by atoms with van der Waals surface area (Å²) in [5.74, 6) is 1.35. The number of ether oxygens (including phenoxy) is 1. The Labute approximate surface area is 184 Å². The zero-order chi connectivity index (χ0) is 22.1. The van der Waals surface area contributed by atoms with Crippen LogP contribution in [0.2, 0.25) is 0 Å². The molecule has 9 nitrogen and oxygen atoms in total. The molecule has 0 spiro atoms. The number of halogens is 1. The number of carbonyl (C=O) groups excluding carboxylic acids is 1. The summed E-state index contributed by atoms with van der Waals surface area (Å²) >= 11 is 0. The number of aromatic amines is 1. The van der Waals surface area contributed by atoms with Crippen LogP contribution in [0, 0.1) is 18.7 Å². The lowest BCUT2D eigenvalue weighted by Gasteiger charge is -2.36. The molecule has 0 bridgehead atoms. The molecule has 0 radical (unpaired) electrons. The number of anilines is 3. The van der Waals surface area contributed by atoms with Crippen molar-refractivity contribution in [2.45, 2.75) is 26.2 Å². The first-order valence-corrected chi connectivity index (χ1v) is 10.7. The molecule has 166 valence electrons. The van der Waals surface area contributed by atoms with Crippen LogP contribution in [-0.4, -0.2) is 57.4 Å². The molecule has 10 heteroatoms. The van der Waals surface area contributed by atoms with Crippen LogP contribution in [0.3, 0.4) is 0 Å². The minimum atomic E-state index is -0.459. The van der Waals surface area contributed by atoms with Crippen LogP contribution in [0.5, 0.6) is 0 Å². The molecule has 1 fully saturated rings. The minimum Gasteiger partial charge on any atom is -0.381 e. The van der Waals surface area contributed by atoms with E-state index in [4.69, 9.17) is 4.74 Å². The van der Waals surface area contributed by atoms with Crippen LogP contribution >= 0.6 is 0 Å². The Morgan fingerprint density at radius 2 is 1.94 bits per heavy atom. The van der Waals surface area contributed by atoms with Crippen LogP contribution < -0.4 is 9.80 Å². The average molecular weight is 437 g/mol. The van der Waals surface area contributed by atoms with Gasteiger partial charge in [0.2, 0.25) is 0 Å². The normalized spacial score (nSPS) is 17.0. The van der Waals surface area contributed by atoms with E-state index in [1.165, 1.54) is 11.2 Å². The lowest BCUT2D eigenvalue weighted by Crippen LogP contribution is -2.45. The zero-order valence-electron chi connectivity index (χ0n) is 17.8. The fourth-order valence-electron chi connectivity index (χ4n) is 4.37. The van der Waals surface area contributed by atoms with E-state index >= 15 is 4.39 Å². The van der Waals surface area contributed by atoms with E-state index in [1.807, 2.05) is 4.90 Å². The Kier molecular flexibility index (Phi) is 5.52. The Balaban J connectivity index is 1.45. The summed E-state index contributed by atoms with van der Waals surface area (Å²) in [5.41, 5.74) is 1.08. The van der Waals surface area contributed by atoms with Crippen LogP contribution in [0.15, 0.2) is 30.9 Å². The third-order valence-electron chi connectivity index (χ3n) is 6.16. The highest BCUT2D eigenvalue weighted by Crippen LogP contribution is 2.38. The molecule has 4 heterocycles. The van der Waals surface area contributed by atoms with Crippen LogP contribution in [-0.2, 0) is 9.53 Å². The maximum absolute atomic E-state index is 15.2. The van der Waals surface area contributed by atoms with Gasteiger partial charge in [0.15, 0.2) is 17.5 Å². The SMILES string of the molecule is Cc1c(N2C(=O)CN(CCC3CCOCC3)c3nccnc32)ccc(-c2ncn[nH]2)c1F. The molecule has 0 saturated carbocycles. The largest absolute Gasteiger partial charge is 0.381 e. The molecule has 0 unspecified atom stereocenters. The van der Waals surface area contributed by atoms with E-state index in [1.54, 1.807) is 31.5 Å². The van der Waals surface area contributed by atoms with Crippen molar-refractivity contribution < 1.29 is 13.9 Å². The van der Waals surface area contributed by atoms with Crippen molar-refractivity contribution in [3.05, 3.63) is 42.2 Å². The highest BCUT2D eigenvalue weighted by Gasteiger charge is 2.34. The van der Waals surface area contributed by atoms with Crippen LogP contribution in [0.25, 0.3) is 11.4 Å². The summed E-state index contributed by atoms with van der Waals surface area (Å²) in [6.45, 7) is 4.12. The molecular weight excluding hydrogens is 413 g/mol. The maximum Gasteiger partial charge on any atom is 0.252 e. The summed E-state index contributed by atoms with van der Waals surface area (Å²) in [6.07, 6.45) is 7.54. The predicted molar refractivity (Wildman–Crippen MR) is 116 cm³/mol. The molecular formula is C22H24FN7O2. The van der Waals surface area contributed by atoms with Gasteiger partial charge in [-0.15, -0.1) is 0 Å². The number of aromatic nitrogens is 5. The van der Waals surface area contributed by atoms with Gasteiger partial charge in [0, 0.05) is 37.7 Å². The molecule has 1 saturated heterocycles. The van der Waals surface area contributed by atoms with Crippen molar-refractivity contribution in [3.8, 4) is 11.4 Å². The van der Waals surface area contributed by atoms with Gasteiger partial charge >= 0.3 is 0 Å². The molecule has 2 aliphatic heterocycles. The lowest BCUT2D eigenvalue weighted by molar-refractivity contribution is -0.116. The topological polar surface area (TPSA) is 100 Å². The minimum absolute atomic E-state index is 0.166. The Morgan fingerprint density at radius 1 is 1.16 bits per heavy atom. The first kappa shape index (κ1) is 20.5. The highest BCUT2D eigenvalue weighted by atomic mass is 19.1. The Bertz CT molecular complexity index is 1120. The van der Waals surface area contributed by atoms with E-state index in [2.05, 4.69) is 25.1 Å². The first-order chi connectivity index (χ1) is 15.6. The van der Waals surface area contributed by atoms with Gasteiger partial charge in [0.1, 0.15) is 12.1 Å². The number of amides is 1. The van der Waals surface area contributed by atoms with Gasteiger partial charge in [0.05, 0.1) is 17.8 Å². The first-order valence-electron chi connectivity index (χ1n) is 10.7. The number of H-pyrrole nitrogens is 1. The second kappa shape index (κ2) is 8.62. The van der Waals surface area contributed by atoms with Gasteiger partial charge in [-0.2, -0.15) is 5.10 Å². The molecule has 32 heavy (non-hydrogen) atoms. The molecule has 0 aliphatic carbocycles. The highest BCUT2D eigenvalue weighted by molar-refractivity contribution is 6.07. The Hall–Kier alpha value is -3.40. The second-order valence-corrected chi connectivity index (χ2v) is 8.10. The maximum atomic E-state index is 15.2. The van der Waals surface area contributed by atoms with Crippen molar-refractivity contribution in [1.82, 2.24) is 25.1 Å². The lowest BCUT2D eigenvalue weighted by atomic mass is 9.96. The number of rotatable bonds is 5. The molecule has 2 aliphatic rings. The van der Waals surface area contributed by atoms with Gasteiger partial charge in [-0.25, -0.2) is 19.3 Å². The second-order valence-electron chi connectivity index (χ2n) is 8.10. The Morgan fingerprint density at radius 3 is 2.69 bits per heavy atom. The van der Waals surface area contributed by atoms with Gasteiger partial charge in [-0.05, 0) is 44.2 Å². The van der Waals surface area contributed by atoms with E-state index in [-0.39, 0.29) is 12.5 Å². The summed E-state index contributed by atoms with van der Waals surface area (Å²) in [6, 6.07) is 3.31. The monoisotopic (exact) mass is 437 g/mol. The summed E-state index contributed by atoms with van der Waals surface area (Å²) in [5, 5.41) is 6.46. The molecule has 2 aromatic heterocycles. The van der Waals surface area contributed by atoms with Gasteiger partial charge in [0.25, 0.3) is 5.91 Å². The molecule has 1 amide bonds. The third-order valence-corrected chi connectivity index (χ3v) is 6.16.